The van der Waals surface area contributed by atoms with Crippen molar-refractivity contribution in [3.63, 3.8) is 0 Å². The molecular formula is C41H54Cl2N2O5. The molecule has 0 spiro atoms. The summed E-state index contributed by atoms with van der Waals surface area (Å²) in [6.45, 7) is 9.83. The number of methoxy groups -OCH3 is 3. The summed E-state index contributed by atoms with van der Waals surface area (Å²) in [4.78, 5) is 31.2. The molecule has 0 N–H and O–H groups in total. The molecule has 5 rings (SSSR count). The lowest BCUT2D eigenvalue weighted by atomic mass is 9.70. The fourth-order valence-electron chi connectivity index (χ4n) is 7.47. The van der Waals surface area contributed by atoms with Gasteiger partial charge < -0.3 is 24.0 Å². The number of unbranched alkanes of at least 4 members (excludes halogenated alkanes) is 3. The van der Waals surface area contributed by atoms with Crippen LogP contribution in [0.15, 0.2) is 60.7 Å². The Morgan fingerprint density at radius 3 is 1.90 bits per heavy atom. The first-order chi connectivity index (χ1) is 24.1. The largest absolute Gasteiger partial charge is 0.493 e. The van der Waals surface area contributed by atoms with Crippen LogP contribution in [0.5, 0.6) is 17.2 Å². The topological polar surface area (TPSA) is 68.3 Å². The van der Waals surface area contributed by atoms with Gasteiger partial charge in [0, 0.05) is 24.1 Å². The highest BCUT2D eigenvalue weighted by atomic mass is 35.5. The zero-order valence-electron chi connectivity index (χ0n) is 30.7. The van der Waals surface area contributed by atoms with E-state index in [1.165, 1.54) is 47.0 Å². The lowest BCUT2D eigenvalue weighted by Gasteiger charge is -2.42. The average molecular weight is 726 g/mol. The Morgan fingerprint density at radius 1 is 0.760 bits per heavy atom. The minimum absolute atomic E-state index is 0.0988. The smallest absolute Gasteiger partial charge is 0.254 e. The van der Waals surface area contributed by atoms with Crippen LogP contribution in [0, 0.1) is 0 Å². The first-order valence-corrected chi connectivity index (χ1v) is 18.7. The van der Waals surface area contributed by atoms with Gasteiger partial charge in [0.05, 0.1) is 36.8 Å². The zero-order valence-corrected chi connectivity index (χ0v) is 32.2. The Labute approximate surface area is 309 Å². The summed E-state index contributed by atoms with van der Waals surface area (Å²) in [6, 6.07) is 19.4. The number of rotatable bonds is 13. The van der Waals surface area contributed by atoms with E-state index >= 15 is 0 Å². The average Bonchev–Trinajstić information content (AvgIpc) is 3.59. The van der Waals surface area contributed by atoms with Crippen molar-refractivity contribution in [3.05, 3.63) is 87.4 Å². The molecular weight excluding hydrogens is 671 g/mol. The highest BCUT2D eigenvalue weighted by Gasteiger charge is 2.44. The summed E-state index contributed by atoms with van der Waals surface area (Å²) in [5, 5.41) is 1.01. The van der Waals surface area contributed by atoms with Crippen molar-refractivity contribution in [1.82, 2.24) is 9.80 Å². The number of carbonyl (C=O) groups excluding carboxylic acids is 2. The molecule has 1 amide bonds. The highest BCUT2D eigenvalue weighted by molar-refractivity contribution is 6.42. The molecule has 1 unspecified atom stereocenters. The number of carbonyl (C=O) groups is 2. The fraction of sp³-hybridized carbons (Fsp3) is 0.512. The van der Waals surface area contributed by atoms with Crippen LogP contribution in [0.1, 0.15) is 93.6 Å². The Hall–Kier alpha value is -3.26. The lowest BCUT2D eigenvalue weighted by molar-refractivity contribution is -0.124. The molecule has 2 heterocycles. The Kier molecular flexibility index (Phi) is 14.5. The van der Waals surface area contributed by atoms with Crippen LogP contribution in [-0.4, -0.2) is 75.5 Å². The summed E-state index contributed by atoms with van der Waals surface area (Å²) in [5.74, 6) is 1.45. The molecule has 0 saturated carbocycles. The van der Waals surface area contributed by atoms with E-state index in [1.807, 2.05) is 41.3 Å². The number of likely N-dealkylation sites (tertiary alicyclic amines) is 2. The van der Waals surface area contributed by atoms with Crippen molar-refractivity contribution in [2.75, 3.05) is 54.1 Å². The van der Waals surface area contributed by atoms with Gasteiger partial charge in [-0.25, -0.2) is 0 Å². The molecule has 0 bridgehead atoms. The van der Waals surface area contributed by atoms with Crippen molar-refractivity contribution < 1.29 is 23.8 Å². The summed E-state index contributed by atoms with van der Waals surface area (Å²) in [6.07, 6.45) is 8.74. The molecule has 0 aromatic heterocycles. The number of ketones is 1. The van der Waals surface area contributed by atoms with E-state index in [-0.39, 0.29) is 17.1 Å². The number of piperidine rings is 1. The van der Waals surface area contributed by atoms with E-state index < -0.39 is 5.41 Å². The molecule has 2 saturated heterocycles. The third-order valence-electron chi connectivity index (χ3n) is 10.7. The molecule has 2 aliphatic heterocycles. The van der Waals surface area contributed by atoms with Gasteiger partial charge in [0.1, 0.15) is 5.78 Å². The fourth-order valence-corrected chi connectivity index (χ4v) is 7.77. The van der Waals surface area contributed by atoms with E-state index in [0.717, 1.165) is 56.4 Å². The van der Waals surface area contributed by atoms with E-state index in [0.29, 0.717) is 45.9 Å². The van der Waals surface area contributed by atoms with Gasteiger partial charge >= 0.3 is 0 Å². The molecule has 7 nitrogen and oxygen atoms in total. The number of Topliss-reactive ketones (excluding diaryl/α,β-unsaturated/α-hetero) is 1. The van der Waals surface area contributed by atoms with E-state index in [1.54, 1.807) is 19.1 Å². The second kappa shape index (κ2) is 18.3. The molecule has 0 radical (unpaired) electrons. The predicted octanol–water partition coefficient (Wildman–Crippen LogP) is 9.40. The van der Waals surface area contributed by atoms with Gasteiger partial charge in [-0.05, 0) is 87.6 Å². The molecule has 272 valence electrons. The zero-order chi connectivity index (χ0) is 36.3. The van der Waals surface area contributed by atoms with Gasteiger partial charge in [-0.2, -0.15) is 0 Å². The second-order valence-corrected chi connectivity index (χ2v) is 14.4. The normalized spacial score (nSPS) is 18.6. The standard InChI is InChI=1S/C35H40Cl2N2O5.C6H14/c1-24(40)35(26-8-6-5-7-9-26)14-17-38(18-15-35)16-12-34(27-10-11-28(36)29(37)22-27)13-19-39(23-34)33(41)25-20-30(42-2)32(44-4)31(21-25)43-3;1-3-5-6-4-2/h5-11,20-22H,12-19,23H2,1-4H3;3-6H2,1-2H3. The van der Waals surface area contributed by atoms with Crippen LogP contribution in [0.4, 0.5) is 0 Å². The van der Waals surface area contributed by atoms with Crippen LogP contribution >= 0.6 is 23.2 Å². The summed E-state index contributed by atoms with van der Waals surface area (Å²) in [7, 11) is 4.62. The first-order valence-electron chi connectivity index (χ1n) is 17.9. The number of hydrogen-bond acceptors (Lipinski definition) is 6. The number of hydrogen-bond donors (Lipinski definition) is 0. The molecule has 2 aliphatic rings. The molecule has 2 fully saturated rings. The first kappa shape index (κ1) is 39.5. The number of halogens is 2. The molecule has 50 heavy (non-hydrogen) atoms. The quantitative estimate of drug-likeness (QED) is 0.164. The second-order valence-electron chi connectivity index (χ2n) is 13.6. The van der Waals surface area contributed by atoms with Crippen LogP contribution in [0.25, 0.3) is 0 Å². The summed E-state index contributed by atoms with van der Waals surface area (Å²) in [5.41, 5.74) is 1.92. The maximum Gasteiger partial charge on any atom is 0.254 e. The third kappa shape index (κ3) is 8.96. The molecule has 3 aromatic rings. The maximum absolute atomic E-state index is 13.9. The Balaban J connectivity index is 0.000000860. The molecule has 1 atom stereocenters. The van der Waals surface area contributed by atoms with Gasteiger partial charge in [0.2, 0.25) is 5.75 Å². The van der Waals surface area contributed by atoms with Gasteiger partial charge in [0.15, 0.2) is 11.5 Å². The third-order valence-corrected chi connectivity index (χ3v) is 11.4. The summed E-state index contributed by atoms with van der Waals surface area (Å²) >= 11 is 12.8. The van der Waals surface area contributed by atoms with E-state index in [9.17, 15) is 9.59 Å². The predicted molar refractivity (Wildman–Crippen MR) is 204 cm³/mol. The minimum atomic E-state index is -0.434. The molecule has 0 aliphatic carbocycles. The summed E-state index contributed by atoms with van der Waals surface area (Å²) < 4.78 is 16.5. The minimum Gasteiger partial charge on any atom is -0.493 e. The van der Waals surface area contributed by atoms with Crippen molar-refractivity contribution in [2.45, 2.75) is 83.0 Å². The number of amides is 1. The number of nitrogens with zero attached hydrogens (tertiary/aromatic N) is 2. The van der Waals surface area contributed by atoms with E-state index in [4.69, 9.17) is 37.4 Å². The van der Waals surface area contributed by atoms with Crippen molar-refractivity contribution in [1.29, 1.82) is 0 Å². The SMILES string of the molecule is CCCCCC.COc1cc(C(=O)N2CCC(CCN3CCC(C(C)=O)(c4ccccc4)CC3)(c3ccc(Cl)c(Cl)c3)C2)cc(OC)c1OC. The van der Waals surface area contributed by atoms with Crippen molar-refractivity contribution >= 4 is 34.9 Å². The van der Waals surface area contributed by atoms with E-state index in [2.05, 4.69) is 30.9 Å². The molecule has 3 aromatic carbocycles. The molecule has 9 heteroatoms. The maximum atomic E-state index is 13.9. The number of benzene rings is 3. The Morgan fingerprint density at radius 2 is 1.38 bits per heavy atom. The van der Waals surface area contributed by atoms with Crippen LogP contribution in [0.2, 0.25) is 10.0 Å². The Bertz CT molecular complexity index is 1550. The van der Waals surface area contributed by atoms with Gasteiger partial charge in [-0.1, -0.05) is 99.1 Å². The monoisotopic (exact) mass is 724 g/mol. The lowest BCUT2D eigenvalue weighted by Crippen LogP contribution is -2.47. The number of ether oxygens (including phenoxy) is 3. The van der Waals surface area contributed by atoms with Gasteiger partial charge in [-0.3, -0.25) is 9.59 Å². The van der Waals surface area contributed by atoms with Crippen LogP contribution < -0.4 is 14.2 Å². The van der Waals surface area contributed by atoms with Crippen LogP contribution in [-0.2, 0) is 15.6 Å². The highest BCUT2D eigenvalue weighted by Crippen LogP contribution is 2.43. The van der Waals surface area contributed by atoms with Crippen molar-refractivity contribution in [3.8, 4) is 17.2 Å². The van der Waals surface area contributed by atoms with Gasteiger partial charge in [-0.15, -0.1) is 0 Å². The van der Waals surface area contributed by atoms with Crippen molar-refractivity contribution in [2.24, 2.45) is 0 Å². The van der Waals surface area contributed by atoms with Crippen LogP contribution in [0.3, 0.4) is 0 Å². The van der Waals surface area contributed by atoms with Gasteiger partial charge in [0.25, 0.3) is 5.91 Å².